The lowest BCUT2D eigenvalue weighted by molar-refractivity contribution is -0.282. The van der Waals surface area contributed by atoms with Crippen molar-refractivity contribution in [2.75, 3.05) is 27.3 Å². The number of fused-ring (bicyclic) bond motifs is 2. The van der Waals surface area contributed by atoms with Gasteiger partial charge in [-0.3, -0.25) is 0 Å². The maximum Gasteiger partial charge on any atom is 0.250 e. The summed E-state index contributed by atoms with van der Waals surface area (Å²) in [4.78, 5) is 2.66. The van der Waals surface area contributed by atoms with Crippen LogP contribution in [0.4, 0.5) is 0 Å². The van der Waals surface area contributed by atoms with Crippen LogP contribution < -0.4 is 9.16 Å². The lowest BCUT2D eigenvalue weighted by atomic mass is 9.35. The van der Waals surface area contributed by atoms with Crippen molar-refractivity contribution in [3.8, 4) is 11.5 Å². The Labute approximate surface area is 241 Å². The van der Waals surface area contributed by atoms with Gasteiger partial charge in [0.15, 0.2) is 5.75 Å². The summed E-state index contributed by atoms with van der Waals surface area (Å²) in [5.74, 6) is 2.29. The Hall–Kier alpha value is -1.86. The molecule has 4 aliphatic carbocycles. The summed E-state index contributed by atoms with van der Waals surface area (Å²) in [6.45, 7) is 14.1. The molecular weight excluding hydrogens is 514 g/mol. The minimum absolute atomic E-state index is 0.00718. The van der Waals surface area contributed by atoms with Gasteiger partial charge in [0.25, 0.3) is 8.32 Å². The number of likely N-dealkylation sites (tertiary alicyclic amines) is 1. The van der Waals surface area contributed by atoms with Crippen LogP contribution in [-0.2, 0) is 27.9 Å². The maximum atomic E-state index is 7.32. The van der Waals surface area contributed by atoms with Crippen LogP contribution in [-0.4, -0.2) is 58.3 Å². The minimum Gasteiger partial charge on any atom is -0.541 e. The van der Waals surface area contributed by atoms with Crippen LogP contribution >= 0.6 is 0 Å². The van der Waals surface area contributed by atoms with Gasteiger partial charge in [-0.25, -0.2) is 0 Å². The van der Waals surface area contributed by atoms with Crippen LogP contribution in [0.3, 0.4) is 0 Å². The highest BCUT2D eigenvalue weighted by atomic mass is 28.4. The number of benzene rings is 2. The van der Waals surface area contributed by atoms with Crippen LogP contribution in [0, 0.1) is 11.3 Å². The normalized spacial score (nSPS) is 35.8. The first kappa shape index (κ1) is 27.0. The van der Waals surface area contributed by atoms with Gasteiger partial charge in [-0.1, -0.05) is 57.2 Å². The molecular formula is C34H47NO4Si. The van der Waals surface area contributed by atoms with Gasteiger partial charge in [-0.2, -0.15) is 0 Å². The van der Waals surface area contributed by atoms with Gasteiger partial charge in [-0.05, 0) is 81.0 Å². The van der Waals surface area contributed by atoms with Crippen molar-refractivity contribution in [1.29, 1.82) is 0 Å². The summed E-state index contributed by atoms with van der Waals surface area (Å²) < 4.78 is 27.5. The number of methoxy groups -OCH3 is 1. The SMILES string of the molecule is CO[C@]12CC[C@@]3(C[C@@H]1COCc1ccccc1)[C@H]1Cc4ccc(O[Si](C)(C)C(C)(C)C)c5c4[C@@]3(CCN1C)[C@H]2O5. The van der Waals surface area contributed by atoms with Crippen LogP contribution in [0.1, 0.15) is 63.1 Å². The molecule has 0 radical (unpaired) electrons. The Morgan fingerprint density at radius 3 is 2.55 bits per heavy atom. The molecule has 6 heteroatoms. The van der Waals surface area contributed by atoms with Crippen LogP contribution in [0.5, 0.6) is 11.5 Å². The molecule has 3 saturated carbocycles. The molecule has 216 valence electrons. The Kier molecular flexibility index (Phi) is 5.96. The molecule has 2 spiro atoms. The summed E-state index contributed by atoms with van der Waals surface area (Å²) >= 11 is 0. The molecule has 0 unspecified atom stereocenters. The smallest absolute Gasteiger partial charge is 0.250 e. The van der Waals surface area contributed by atoms with Gasteiger partial charge in [0.05, 0.1) is 13.2 Å². The van der Waals surface area contributed by atoms with E-state index in [4.69, 9.17) is 18.6 Å². The standard InChI is InChI=1S/C34H47NO4Si/c1-31(2,3)40(6,7)39-26-14-13-24-19-27-32-15-16-34(36-5,25(20-32)22-37-21-23-11-9-8-10-12-23)30-33(32,17-18-35(27)4)28(24)29(26)38-30/h8-14,25,27,30H,15-22H2,1-7H3/t25-,27-,30-,32-,33+,34-/m1/s1. The van der Waals surface area contributed by atoms with Gasteiger partial charge in [0, 0.05) is 35.5 Å². The number of piperidine rings is 1. The molecule has 6 atom stereocenters. The predicted molar refractivity (Wildman–Crippen MR) is 161 cm³/mol. The second-order valence-corrected chi connectivity index (χ2v) is 19.7. The van der Waals surface area contributed by atoms with Crippen molar-refractivity contribution in [2.24, 2.45) is 11.3 Å². The topological polar surface area (TPSA) is 40.2 Å². The molecule has 8 rings (SSSR count). The van der Waals surface area contributed by atoms with E-state index in [-0.39, 0.29) is 27.6 Å². The third kappa shape index (κ3) is 3.37. The Bertz CT molecular complexity index is 1310. The lowest BCUT2D eigenvalue weighted by Crippen LogP contribution is -2.81. The molecule has 1 saturated heterocycles. The third-order valence-corrected chi connectivity index (χ3v) is 16.7. The zero-order chi connectivity index (χ0) is 28.1. The Morgan fingerprint density at radius 2 is 1.82 bits per heavy atom. The van der Waals surface area contributed by atoms with Gasteiger partial charge in [-0.15, -0.1) is 0 Å². The quantitative estimate of drug-likeness (QED) is 0.351. The predicted octanol–water partition coefficient (Wildman–Crippen LogP) is 6.73. The zero-order valence-electron chi connectivity index (χ0n) is 25.5. The van der Waals surface area contributed by atoms with Crippen LogP contribution in [0.15, 0.2) is 42.5 Å². The summed E-state index contributed by atoms with van der Waals surface area (Å²) in [5, 5.41) is 0.118. The molecule has 2 aromatic carbocycles. The molecule has 40 heavy (non-hydrogen) atoms. The molecule has 4 bridgehead atoms. The minimum atomic E-state index is -2.05. The number of rotatable bonds is 7. The van der Waals surface area contributed by atoms with Gasteiger partial charge < -0.3 is 23.5 Å². The fraction of sp³-hybridized carbons (Fsp3) is 0.647. The van der Waals surface area contributed by atoms with Crippen molar-refractivity contribution in [3.05, 3.63) is 59.2 Å². The van der Waals surface area contributed by atoms with E-state index in [0.29, 0.717) is 25.2 Å². The van der Waals surface area contributed by atoms with Crippen molar-refractivity contribution in [2.45, 2.75) is 101 Å². The second kappa shape index (κ2) is 8.82. The molecule has 0 amide bonds. The van der Waals surface area contributed by atoms with E-state index in [1.54, 1.807) is 0 Å². The molecule has 0 aromatic heterocycles. The molecule has 2 aromatic rings. The highest BCUT2D eigenvalue weighted by molar-refractivity contribution is 6.74. The highest BCUT2D eigenvalue weighted by Crippen LogP contribution is 2.76. The molecule has 6 aliphatic rings. The van der Waals surface area contributed by atoms with E-state index in [0.717, 1.165) is 43.7 Å². The number of hydrogen-bond donors (Lipinski definition) is 0. The van der Waals surface area contributed by atoms with Crippen molar-refractivity contribution in [1.82, 2.24) is 4.90 Å². The highest BCUT2D eigenvalue weighted by Gasteiger charge is 2.80. The largest absolute Gasteiger partial charge is 0.541 e. The first-order valence-electron chi connectivity index (χ1n) is 15.4. The van der Waals surface area contributed by atoms with E-state index in [2.05, 4.69) is 88.3 Å². The van der Waals surface area contributed by atoms with Gasteiger partial charge in [0.2, 0.25) is 0 Å². The van der Waals surface area contributed by atoms with E-state index in [1.807, 2.05) is 7.11 Å². The summed E-state index contributed by atoms with van der Waals surface area (Å²) in [7, 11) is 2.23. The van der Waals surface area contributed by atoms with E-state index >= 15 is 0 Å². The number of ether oxygens (including phenoxy) is 3. The van der Waals surface area contributed by atoms with Crippen molar-refractivity contribution in [3.63, 3.8) is 0 Å². The first-order chi connectivity index (χ1) is 19.0. The summed E-state index contributed by atoms with van der Waals surface area (Å²) in [6.07, 6.45) is 5.56. The third-order valence-electron chi connectivity index (χ3n) is 12.4. The van der Waals surface area contributed by atoms with Crippen molar-refractivity contribution >= 4 is 8.32 Å². The van der Waals surface area contributed by atoms with Gasteiger partial charge >= 0.3 is 0 Å². The fourth-order valence-electron chi connectivity index (χ4n) is 9.42. The lowest BCUT2D eigenvalue weighted by Gasteiger charge is -2.73. The zero-order valence-corrected chi connectivity index (χ0v) is 26.5. The molecule has 5 nitrogen and oxygen atoms in total. The molecule has 0 N–H and O–H groups in total. The number of likely N-dealkylation sites (N-methyl/N-ethyl adjacent to an activating group) is 1. The van der Waals surface area contributed by atoms with Gasteiger partial charge in [0.1, 0.15) is 17.5 Å². The van der Waals surface area contributed by atoms with Crippen LogP contribution in [0.2, 0.25) is 18.1 Å². The molecule has 4 fully saturated rings. The average molecular weight is 562 g/mol. The van der Waals surface area contributed by atoms with E-state index in [1.165, 1.54) is 23.1 Å². The van der Waals surface area contributed by atoms with Crippen molar-refractivity contribution < 1.29 is 18.6 Å². The maximum absolute atomic E-state index is 7.32. The monoisotopic (exact) mass is 561 g/mol. The second-order valence-electron chi connectivity index (χ2n) is 14.9. The first-order valence-corrected chi connectivity index (χ1v) is 18.3. The average Bonchev–Trinajstić information content (AvgIpc) is 3.29. The fourth-order valence-corrected chi connectivity index (χ4v) is 10.4. The Morgan fingerprint density at radius 1 is 1.05 bits per heavy atom. The number of hydrogen-bond acceptors (Lipinski definition) is 5. The van der Waals surface area contributed by atoms with E-state index < -0.39 is 8.32 Å². The molecule has 2 aliphatic heterocycles. The molecule has 2 heterocycles. The summed E-state index contributed by atoms with van der Waals surface area (Å²) in [6, 6.07) is 15.6. The number of nitrogens with zero attached hydrogens (tertiary/aromatic N) is 1. The van der Waals surface area contributed by atoms with Crippen LogP contribution in [0.25, 0.3) is 0 Å². The Balaban J connectivity index is 1.32. The van der Waals surface area contributed by atoms with E-state index in [9.17, 15) is 0 Å². The summed E-state index contributed by atoms with van der Waals surface area (Å²) in [5.41, 5.74) is 3.95.